The lowest BCUT2D eigenvalue weighted by Gasteiger charge is -2.34. The first-order valence-corrected chi connectivity index (χ1v) is 10.6. The van der Waals surface area contributed by atoms with Crippen LogP contribution in [0.25, 0.3) is 10.2 Å². The number of carbonyl (C=O) groups is 1. The molecular formula is C22H26N4OS. The van der Waals surface area contributed by atoms with Crippen LogP contribution in [0.3, 0.4) is 0 Å². The number of benzene rings is 1. The van der Waals surface area contributed by atoms with Gasteiger partial charge in [-0.05, 0) is 42.9 Å². The second-order valence-electron chi connectivity index (χ2n) is 7.98. The topological polar surface area (TPSA) is 49.3 Å². The number of anilines is 2. The highest BCUT2D eigenvalue weighted by Gasteiger charge is 2.29. The normalized spacial score (nSPS) is 19.8. The Hall–Kier alpha value is -2.47. The molecule has 0 radical (unpaired) electrons. The minimum Gasteiger partial charge on any atom is -0.337 e. The molecule has 4 rings (SSSR count). The first kappa shape index (κ1) is 18.9. The number of para-hydroxylation sites is 1. The Kier molecular flexibility index (Phi) is 5.06. The third-order valence-corrected chi connectivity index (χ3v) is 6.71. The van der Waals surface area contributed by atoms with Crippen LogP contribution < -0.4 is 4.90 Å². The van der Waals surface area contributed by atoms with E-state index in [2.05, 4.69) is 40.8 Å². The van der Waals surface area contributed by atoms with Gasteiger partial charge in [0, 0.05) is 25.8 Å². The van der Waals surface area contributed by atoms with Crippen LogP contribution in [0.4, 0.5) is 11.5 Å². The zero-order valence-corrected chi connectivity index (χ0v) is 17.7. The van der Waals surface area contributed by atoms with Crippen molar-refractivity contribution >= 4 is 39.0 Å². The zero-order chi connectivity index (χ0) is 19.8. The summed E-state index contributed by atoms with van der Waals surface area (Å²) in [5, 5.41) is 0.973. The first-order valence-electron chi connectivity index (χ1n) is 9.77. The highest BCUT2D eigenvalue weighted by atomic mass is 32.1. The Morgan fingerprint density at radius 2 is 1.82 bits per heavy atom. The van der Waals surface area contributed by atoms with E-state index < -0.39 is 0 Å². The molecule has 2 aromatic heterocycles. The van der Waals surface area contributed by atoms with Gasteiger partial charge in [0.1, 0.15) is 17.0 Å². The Morgan fingerprint density at radius 3 is 2.50 bits per heavy atom. The Morgan fingerprint density at radius 1 is 1.14 bits per heavy atom. The van der Waals surface area contributed by atoms with E-state index in [1.165, 1.54) is 17.8 Å². The fourth-order valence-corrected chi connectivity index (χ4v) is 5.37. The van der Waals surface area contributed by atoms with Gasteiger partial charge < -0.3 is 9.80 Å². The van der Waals surface area contributed by atoms with Crippen molar-refractivity contribution in [1.29, 1.82) is 0 Å². The molecule has 0 spiro atoms. The van der Waals surface area contributed by atoms with Crippen molar-refractivity contribution < 1.29 is 4.79 Å². The van der Waals surface area contributed by atoms with E-state index in [-0.39, 0.29) is 5.91 Å². The number of likely N-dealkylation sites (tertiary alicyclic amines) is 1. The number of thiophene rings is 1. The molecule has 1 aromatic carbocycles. The monoisotopic (exact) mass is 394 g/mol. The van der Waals surface area contributed by atoms with E-state index in [1.54, 1.807) is 6.33 Å². The average Bonchev–Trinajstić information content (AvgIpc) is 3.03. The van der Waals surface area contributed by atoms with Crippen LogP contribution in [0.15, 0.2) is 36.7 Å². The molecule has 0 saturated carbocycles. The van der Waals surface area contributed by atoms with Gasteiger partial charge in [0.2, 0.25) is 0 Å². The van der Waals surface area contributed by atoms with Crippen LogP contribution in [0, 0.1) is 18.8 Å². The predicted molar refractivity (Wildman–Crippen MR) is 116 cm³/mol. The fourth-order valence-electron chi connectivity index (χ4n) is 4.26. The van der Waals surface area contributed by atoms with Gasteiger partial charge in [-0.2, -0.15) is 0 Å². The van der Waals surface area contributed by atoms with Crippen LogP contribution in [0.2, 0.25) is 0 Å². The number of hydrogen-bond donors (Lipinski definition) is 0. The summed E-state index contributed by atoms with van der Waals surface area (Å²) < 4.78 is 0. The summed E-state index contributed by atoms with van der Waals surface area (Å²) in [5.41, 5.74) is 2.04. The van der Waals surface area contributed by atoms with Crippen molar-refractivity contribution in [3.63, 3.8) is 0 Å². The number of rotatable bonds is 3. The predicted octanol–water partition coefficient (Wildman–Crippen LogP) is 4.89. The van der Waals surface area contributed by atoms with Gasteiger partial charge in [-0.15, -0.1) is 11.3 Å². The minimum absolute atomic E-state index is 0.132. The molecule has 5 nitrogen and oxygen atoms in total. The zero-order valence-electron chi connectivity index (χ0n) is 16.8. The van der Waals surface area contributed by atoms with E-state index in [0.29, 0.717) is 11.8 Å². The molecule has 3 aromatic rings. The lowest BCUT2D eigenvalue weighted by Crippen LogP contribution is -2.42. The van der Waals surface area contributed by atoms with E-state index >= 15 is 0 Å². The molecule has 3 heterocycles. The number of amides is 1. The molecule has 0 aliphatic carbocycles. The van der Waals surface area contributed by atoms with Crippen molar-refractivity contribution in [2.45, 2.75) is 27.2 Å². The summed E-state index contributed by atoms with van der Waals surface area (Å²) in [6, 6.07) is 10.1. The summed E-state index contributed by atoms with van der Waals surface area (Å²) in [7, 11) is 2.00. The number of piperidine rings is 1. The third kappa shape index (κ3) is 3.37. The minimum atomic E-state index is 0.132. The summed E-state index contributed by atoms with van der Waals surface area (Å²) in [6.45, 7) is 8.14. The van der Waals surface area contributed by atoms with Gasteiger partial charge in [-0.25, -0.2) is 9.97 Å². The first-order chi connectivity index (χ1) is 13.5. The summed E-state index contributed by atoms with van der Waals surface area (Å²) in [4.78, 5) is 28.1. The molecule has 0 bridgehead atoms. The summed E-state index contributed by atoms with van der Waals surface area (Å²) in [6.07, 6.45) is 2.78. The van der Waals surface area contributed by atoms with Gasteiger partial charge >= 0.3 is 0 Å². The highest BCUT2D eigenvalue weighted by Crippen LogP contribution is 2.37. The van der Waals surface area contributed by atoms with Crippen LogP contribution in [0.1, 0.15) is 35.5 Å². The molecule has 0 unspecified atom stereocenters. The van der Waals surface area contributed by atoms with Crippen molar-refractivity contribution in [1.82, 2.24) is 14.9 Å². The standard InChI is InChI=1S/C22H26N4OS/c1-14-10-15(2)12-26(11-14)22(27)19-16(3)18-20(23-13-24-21(18)28-19)25(4)17-8-6-5-7-9-17/h5-9,13-15H,10-12H2,1-4H3/t14-,15+. The van der Waals surface area contributed by atoms with Crippen LogP contribution in [-0.4, -0.2) is 40.9 Å². The SMILES string of the molecule is Cc1c(C(=O)N2C[C@H](C)C[C@H](C)C2)sc2ncnc(N(C)c3ccccc3)c12. The molecule has 146 valence electrons. The van der Waals surface area contributed by atoms with E-state index in [0.717, 1.165) is 45.3 Å². The van der Waals surface area contributed by atoms with E-state index in [1.807, 2.05) is 37.1 Å². The molecule has 2 atom stereocenters. The number of fused-ring (bicyclic) bond motifs is 1. The average molecular weight is 395 g/mol. The smallest absolute Gasteiger partial charge is 0.264 e. The van der Waals surface area contributed by atoms with Crippen molar-refractivity contribution in [3.05, 3.63) is 47.1 Å². The summed E-state index contributed by atoms with van der Waals surface area (Å²) >= 11 is 1.49. The highest BCUT2D eigenvalue weighted by molar-refractivity contribution is 7.20. The largest absolute Gasteiger partial charge is 0.337 e. The van der Waals surface area contributed by atoms with Gasteiger partial charge in [-0.1, -0.05) is 32.0 Å². The van der Waals surface area contributed by atoms with Crippen molar-refractivity contribution in [2.75, 3.05) is 25.0 Å². The number of aryl methyl sites for hydroxylation is 1. The van der Waals surface area contributed by atoms with Crippen LogP contribution in [0.5, 0.6) is 0 Å². The lowest BCUT2D eigenvalue weighted by atomic mass is 9.92. The molecule has 6 heteroatoms. The Labute approximate surface area is 170 Å². The number of carbonyl (C=O) groups excluding carboxylic acids is 1. The molecule has 0 N–H and O–H groups in total. The van der Waals surface area contributed by atoms with Gasteiger partial charge in [-0.3, -0.25) is 4.79 Å². The van der Waals surface area contributed by atoms with Crippen LogP contribution >= 0.6 is 11.3 Å². The van der Waals surface area contributed by atoms with E-state index in [4.69, 9.17) is 0 Å². The van der Waals surface area contributed by atoms with E-state index in [9.17, 15) is 4.79 Å². The van der Waals surface area contributed by atoms with Crippen LogP contribution in [-0.2, 0) is 0 Å². The van der Waals surface area contributed by atoms with Crippen molar-refractivity contribution in [3.8, 4) is 0 Å². The van der Waals surface area contributed by atoms with Crippen molar-refractivity contribution in [2.24, 2.45) is 11.8 Å². The maximum atomic E-state index is 13.3. The Bertz CT molecular complexity index is 990. The second kappa shape index (κ2) is 7.51. The molecule has 28 heavy (non-hydrogen) atoms. The Balaban J connectivity index is 1.74. The lowest BCUT2D eigenvalue weighted by molar-refractivity contribution is 0.0627. The molecule has 1 aliphatic heterocycles. The fraction of sp³-hybridized carbons (Fsp3) is 0.409. The number of nitrogens with zero attached hydrogens (tertiary/aromatic N) is 4. The molecule has 1 amide bonds. The second-order valence-corrected chi connectivity index (χ2v) is 8.98. The maximum absolute atomic E-state index is 13.3. The molecule has 1 saturated heterocycles. The van der Waals surface area contributed by atoms with Gasteiger partial charge in [0.25, 0.3) is 5.91 Å². The summed E-state index contributed by atoms with van der Waals surface area (Å²) in [5.74, 6) is 2.06. The van der Waals surface area contributed by atoms with Gasteiger partial charge in [0.15, 0.2) is 0 Å². The number of aromatic nitrogens is 2. The molecular weight excluding hydrogens is 368 g/mol. The molecule has 1 fully saturated rings. The third-order valence-electron chi connectivity index (χ3n) is 5.52. The maximum Gasteiger partial charge on any atom is 0.264 e. The quantitative estimate of drug-likeness (QED) is 0.635. The van der Waals surface area contributed by atoms with Gasteiger partial charge in [0.05, 0.1) is 10.3 Å². The molecule has 1 aliphatic rings. The number of hydrogen-bond acceptors (Lipinski definition) is 5.